The van der Waals surface area contributed by atoms with E-state index in [1.165, 1.54) is 12.2 Å². The van der Waals surface area contributed by atoms with Gasteiger partial charge in [0.05, 0.1) is 28.6 Å². The first-order valence-electron chi connectivity index (χ1n) is 12.2. The molecule has 188 valence electrons. The van der Waals surface area contributed by atoms with E-state index < -0.39 is 11.9 Å². The van der Waals surface area contributed by atoms with E-state index in [-0.39, 0.29) is 24.2 Å². The van der Waals surface area contributed by atoms with Gasteiger partial charge in [0.15, 0.2) is 0 Å². The third kappa shape index (κ3) is 5.38. The monoisotopic (exact) mass is 499 g/mol. The number of amides is 1. The van der Waals surface area contributed by atoms with E-state index in [2.05, 4.69) is 25.9 Å². The molecule has 1 N–H and O–H groups in total. The standard InChI is InChI=1S/C28H26FN5O3/c1-17(2)36-28(35)33-24-11-7-19(6-10-23(24)29)26-22(15-30)21-9-8-20(37-27-31-12-3-13-32-27)14-25(21)34(26)16-18-4-5-18/h3,7-14,17-18H,4-6,16H2,1-2H3,(H,33,35). The van der Waals surface area contributed by atoms with Gasteiger partial charge < -0.3 is 14.0 Å². The van der Waals surface area contributed by atoms with Gasteiger partial charge in [-0.2, -0.15) is 5.26 Å². The Morgan fingerprint density at radius 3 is 2.76 bits per heavy atom. The van der Waals surface area contributed by atoms with Gasteiger partial charge >= 0.3 is 12.1 Å². The molecular formula is C28H26FN5O3. The Balaban J connectivity index is 1.57. The number of hydrogen-bond acceptors (Lipinski definition) is 6. The van der Waals surface area contributed by atoms with Gasteiger partial charge in [0.2, 0.25) is 0 Å². The molecule has 3 aromatic rings. The molecule has 2 aliphatic carbocycles. The third-order valence-corrected chi connectivity index (χ3v) is 6.13. The van der Waals surface area contributed by atoms with E-state index in [0.717, 1.165) is 41.6 Å². The highest BCUT2D eigenvalue weighted by atomic mass is 19.1. The number of rotatable bonds is 7. The predicted octanol–water partition coefficient (Wildman–Crippen LogP) is 6.16. The second-order valence-corrected chi connectivity index (χ2v) is 9.31. The Morgan fingerprint density at radius 2 is 2.05 bits per heavy atom. The second kappa shape index (κ2) is 10.3. The molecule has 0 radical (unpaired) electrons. The van der Waals surface area contributed by atoms with Crippen LogP contribution in [0.2, 0.25) is 0 Å². The Bertz CT molecular complexity index is 1480. The van der Waals surface area contributed by atoms with E-state index in [4.69, 9.17) is 9.47 Å². The number of nitrogens with one attached hydrogen (secondary N) is 1. The van der Waals surface area contributed by atoms with Gasteiger partial charge in [0.25, 0.3) is 0 Å². The molecule has 0 aliphatic heterocycles. The summed E-state index contributed by atoms with van der Waals surface area (Å²) in [5, 5.41) is 13.4. The maximum atomic E-state index is 14.9. The lowest BCUT2D eigenvalue weighted by Crippen LogP contribution is -2.26. The van der Waals surface area contributed by atoms with Crippen molar-refractivity contribution in [2.45, 2.75) is 45.8 Å². The van der Waals surface area contributed by atoms with Crippen molar-refractivity contribution in [2.75, 3.05) is 0 Å². The third-order valence-electron chi connectivity index (χ3n) is 6.13. The van der Waals surface area contributed by atoms with Gasteiger partial charge in [-0.05, 0) is 75.0 Å². The van der Waals surface area contributed by atoms with E-state index >= 15 is 0 Å². The van der Waals surface area contributed by atoms with Gasteiger partial charge in [0.1, 0.15) is 17.6 Å². The van der Waals surface area contributed by atoms with Crippen LogP contribution in [0.4, 0.5) is 9.18 Å². The molecule has 0 spiro atoms. The summed E-state index contributed by atoms with van der Waals surface area (Å²) in [5.74, 6) is 0.508. The van der Waals surface area contributed by atoms with Crippen molar-refractivity contribution in [3.05, 3.63) is 77.7 Å². The lowest BCUT2D eigenvalue weighted by atomic mass is 10.0. The van der Waals surface area contributed by atoms with E-state index in [9.17, 15) is 14.4 Å². The largest absolute Gasteiger partial charge is 0.447 e. The maximum Gasteiger partial charge on any atom is 0.411 e. The number of ether oxygens (including phenoxy) is 2. The summed E-state index contributed by atoms with van der Waals surface area (Å²) in [6, 6.07) is 9.84. The van der Waals surface area contributed by atoms with Crippen molar-refractivity contribution in [2.24, 2.45) is 5.92 Å². The van der Waals surface area contributed by atoms with Gasteiger partial charge in [-0.1, -0.05) is 6.08 Å². The number of nitriles is 1. The number of halogens is 1. The molecule has 2 aliphatic rings. The van der Waals surface area contributed by atoms with E-state index in [1.807, 2.05) is 12.1 Å². The lowest BCUT2D eigenvalue weighted by molar-refractivity contribution is 0.118. The van der Waals surface area contributed by atoms with Crippen LogP contribution >= 0.6 is 0 Å². The van der Waals surface area contributed by atoms with Crippen LogP contribution in [-0.4, -0.2) is 26.7 Å². The molecule has 1 saturated carbocycles. The molecular weight excluding hydrogens is 473 g/mol. The number of carbonyl (C=O) groups excluding carboxylic acids is 1. The summed E-state index contributed by atoms with van der Waals surface area (Å²) < 4.78 is 27.9. The van der Waals surface area contributed by atoms with Crippen molar-refractivity contribution in [3.63, 3.8) is 0 Å². The number of nitrogens with zero attached hydrogens (tertiary/aromatic N) is 4. The molecule has 2 heterocycles. The average molecular weight is 500 g/mol. The normalized spacial score (nSPS) is 15.4. The number of fused-ring (bicyclic) bond motifs is 1. The fraction of sp³-hybridized carbons (Fsp3) is 0.286. The van der Waals surface area contributed by atoms with Crippen molar-refractivity contribution in [1.29, 1.82) is 5.26 Å². The van der Waals surface area contributed by atoms with Crippen molar-refractivity contribution < 1.29 is 18.7 Å². The number of hydrogen-bond donors (Lipinski definition) is 1. The van der Waals surface area contributed by atoms with Crippen molar-refractivity contribution in [3.8, 4) is 17.8 Å². The fourth-order valence-electron chi connectivity index (χ4n) is 4.30. The summed E-state index contributed by atoms with van der Waals surface area (Å²) in [6.45, 7) is 4.17. The minimum absolute atomic E-state index is 0.0163. The topological polar surface area (TPSA) is 102 Å². The molecule has 0 atom stereocenters. The maximum absolute atomic E-state index is 14.9. The highest BCUT2D eigenvalue weighted by molar-refractivity contribution is 5.94. The van der Waals surface area contributed by atoms with Gasteiger partial charge in [-0.3, -0.25) is 5.32 Å². The van der Waals surface area contributed by atoms with E-state index in [1.54, 1.807) is 44.4 Å². The number of carbonyl (C=O) groups is 1. The molecule has 1 fully saturated rings. The number of aromatic nitrogens is 3. The molecule has 9 heteroatoms. The molecule has 37 heavy (non-hydrogen) atoms. The Morgan fingerprint density at radius 1 is 1.27 bits per heavy atom. The van der Waals surface area contributed by atoms with Crippen LogP contribution in [-0.2, 0) is 11.3 Å². The molecule has 0 saturated heterocycles. The quantitative estimate of drug-likeness (QED) is 0.417. The molecule has 5 rings (SSSR count). The van der Waals surface area contributed by atoms with Gasteiger partial charge in [-0.25, -0.2) is 19.2 Å². The molecule has 0 unspecified atom stereocenters. The first-order chi connectivity index (χ1) is 17.9. The minimum Gasteiger partial charge on any atom is -0.447 e. The average Bonchev–Trinajstić information content (AvgIpc) is 3.67. The first kappa shape index (κ1) is 24.3. The highest BCUT2D eigenvalue weighted by Crippen LogP contribution is 2.39. The van der Waals surface area contributed by atoms with E-state index in [0.29, 0.717) is 17.2 Å². The zero-order valence-corrected chi connectivity index (χ0v) is 20.6. The second-order valence-electron chi connectivity index (χ2n) is 9.31. The van der Waals surface area contributed by atoms with Crippen LogP contribution in [0.15, 0.2) is 66.4 Å². The van der Waals surface area contributed by atoms with Crippen LogP contribution in [0.3, 0.4) is 0 Å². The lowest BCUT2D eigenvalue weighted by Gasteiger charge is -2.13. The summed E-state index contributed by atoms with van der Waals surface area (Å²) in [6.07, 6.45) is 9.31. The molecule has 0 bridgehead atoms. The molecule has 1 aromatic carbocycles. The molecule has 2 aromatic heterocycles. The molecule has 8 nitrogen and oxygen atoms in total. The smallest absolute Gasteiger partial charge is 0.411 e. The van der Waals surface area contributed by atoms with Crippen LogP contribution < -0.4 is 10.1 Å². The predicted molar refractivity (Wildman–Crippen MR) is 136 cm³/mol. The summed E-state index contributed by atoms with van der Waals surface area (Å²) in [4.78, 5) is 20.3. The zero-order chi connectivity index (χ0) is 25.9. The van der Waals surface area contributed by atoms with Crippen molar-refractivity contribution >= 4 is 22.6 Å². The van der Waals surface area contributed by atoms with Crippen LogP contribution in [0.5, 0.6) is 11.8 Å². The molecule has 1 amide bonds. The summed E-state index contributed by atoms with van der Waals surface area (Å²) >= 11 is 0. The Labute approximate surface area is 213 Å². The number of benzene rings is 1. The highest BCUT2D eigenvalue weighted by Gasteiger charge is 2.28. The van der Waals surface area contributed by atoms with Crippen LogP contribution in [0.1, 0.15) is 44.4 Å². The van der Waals surface area contributed by atoms with Crippen LogP contribution in [0, 0.1) is 17.2 Å². The minimum atomic E-state index is -0.725. The Kier molecular flexibility index (Phi) is 6.73. The fourth-order valence-corrected chi connectivity index (χ4v) is 4.30. The summed E-state index contributed by atoms with van der Waals surface area (Å²) in [7, 11) is 0. The summed E-state index contributed by atoms with van der Waals surface area (Å²) in [5.41, 5.74) is 2.89. The Hall–Kier alpha value is -4.45. The van der Waals surface area contributed by atoms with Gasteiger partial charge in [0, 0.05) is 30.4 Å². The van der Waals surface area contributed by atoms with Crippen LogP contribution in [0.25, 0.3) is 16.5 Å². The SMILES string of the molecule is CC(C)OC(=O)NC1=CC=C(c2c(C#N)c3ccc(Oc4ncccn4)cc3n2CC2CC2)CC=C1F. The first-order valence-corrected chi connectivity index (χ1v) is 12.2. The van der Waals surface area contributed by atoms with Gasteiger partial charge in [-0.15, -0.1) is 0 Å². The zero-order valence-electron chi connectivity index (χ0n) is 20.6. The van der Waals surface area contributed by atoms with Crippen molar-refractivity contribution in [1.82, 2.24) is 19.9 Å². The number of alkyl carbamates (subject to hydrolysis) is 1. The number of allylic oxidation sites excluding steroid dienone is 5.